The minimum Gasteiger partial charge on any atom is -0.507 e. The van der Waals surface area contributed by atoms with Gasteiger partial charge >= 0.3 is 0 Å². The Kier molecular flexibility index (Phi) is 8.36. The lowest BCUT2D eigenvalue weighted by Gasteiger charge is -2.21. The normalized spacial score (nSPS) is 12.6. The summed E-state index contributed by atoms with van der Waals surface area (Å²) in [5.74, 6) is 0.264. The first-order valence-electron chi connectivity index (χ1n) is 8.92. The fourth-order valence-corrected chi connectivity index (χ4v) is 2.51. The van der Waals surface area contributed by atoms with Crippen LogP contribution in [0, 0.1) is 0 Å². The van der Waals surface area contributed by atoms with E-state index in [-0.39, 0.29) is 23.8 Å². The lowest BCUT2D eigenvalue weighted by atomic mass is 9.85. The van der Waals surface area contributed by atoms with Crippen molar-refractivity contribution in [3.05, 3.63) is 65.2 Å². The van der Waals surface area contributed by atoms with Crippen LogP contribution in [-0.4, -0.2) is 29.1 Å². The molecular formula is C22H31NO2. The smallest absolute Gasteiger partial charge is 0.128 e. The van der Waals surface area contributed by atoms with Crippen molar-refractivity contribution in [3.8, 4) is 5.75 Å². The van der Waals surface area contributed by atoms with E-state index in [0.29, 0.717) is 12.0 Å². The number of aliphatic imine (C=N–C) groups is 1. The Morgan fingerprint density at radius 1 is 1.00 bits per heavy atom. The number of hydrogen-bond acceptors (Lipinski definition) is 3. The van der Waals surface area contributed by atoms with E-state index in [1.165, 1.54) is 0 Å². The van der Waals surface area contributed by atoms with Crippen LogP contribution in [0.3, 0.4) is 0 Å². The van der Waals surface area contributed by atoms with Gasteiger partial charge in [0.15, 0.2) is 0 Å². The van der Waals surface area contributed by atoms with Crippen molar-refractivity contribution in [1.82, 2.24) is 0 Å². The molecule has 0 bridgehead atoms. The van der Waals surface area contributed by atoms with Gasteiger partial charge in [-0.3, -0.25) is 4.99 Å². The average Bonchev–Trinajstić information content (AvgIpc) is 2.61. The van der Waals surface area contributed by atoms with Crippen molar-refractivity contribution >= 4 is 6.21 Å². The van der Waals surface area contributed by atoms with Gasteiger partial charge in [-0.25, -0.2) is 0 Å². The summed E-state index contributed by atoms with van der Waals surface area (Å²) >= 11 is 0. The Bertz CT molecular complexity index is 657. The molecule has 25 heavy (non-hydrogen) atoms. The van der Waals surface area contributed by atoms with Crippen LogP contribution in [0.4, 0.5) is 0 Å². The minimum absolute atomic E-state index is 0.0227. The van der Waals surface area contributed by atoms with Crippen LogP contribution in [0.2, 0.25) is 0 Å². The zero-order chi connectivity index (χ0) is 18.9. The number of para-hydroxylation sites is 1. The quantitative estimate of drug-likeness (QED) is 0.772. The highest BCUT2D eigenvalue weighted by atomic mass is 16.3. The molecule has 0 spiro atoms. The van der Waals surface area contributed by atoms with Crippen LogP contribution >= 0.6 is 0 Å². The molecule has 0 aliphatic carbocycles. The van der Waals surface area contributed by atoms with E-state index in [1.807, 2.05) is 62.4 Å². The van der Waals surface area contributed by atoms with Gasteiger partial charge in [-0.1, -0.05) is 77.1 Å². The van der Waals surface area contributed by atoms with Crippen molar-refractivity contribution in [3.63, 3.8) is 0 Å². The van der Waals surface area contributed by atoms with Gasteiger partial charge in [0.2, 0.25) is 0 Å². The second kappa shape index (κ2) is 10.00. The summed E-state index contributed by atoms with van der Waals surface area (Å²) in [7, 11) is 0. The maximum atomic E-state index is 10.4. The van der Waals surface area contributed by atoms with Crippen LogP contribution in [0.15, 0.2) is 53.5 Å². The van der Waals surface area contributed by atoms with Gasteiger partial charge in [-0.05, 0) is 29.0 Å². The number of aliphatic hydroxyl groups excluding tert-OH is 1. The average molecular weight is 341 g/mol. The summed E-state index contributed by atoms with van der Waals surface area (Å²) in [6, 6.07) is 15.5. The molecule has 3 nitrogen and oxygen atoms in total. The molecular weight excluding hydrogens is 310 g/mol. The minimum atomic E-state index is -0.213. The molecule has 1 unspecified atom stereocenters. The van der Waals surface area contributed by atoms with E-state index in [2.05, 4.69) is 25.8 Å². The maximum absolute atomic E-state index is 10.4. The van der Waals surface area contributed by atoms with Crippen LogP contribution < -0.4 is 0 Å². The Balaban J connectivity index is 0.00000151. The lowest BCUT2D eigenvalue weighted by Crippen LogP contribution is -2.14. The fraction of sp³-hybridized carbons (Fsp3) is 0.409. The molecule has 2 N–H and O–H groups in total. The number of benzene rings is 2. The van der Waals surface area contributed by atoms with E-state index in [9.17, 15) is 10.2 Å². The van der Waals surface area contributed by atoms with E-state index in [1.54, 1.807) is 6.21 Å². The van der Waals surface area contributed by atoms with Crippen molar-refractivity contribution < 1.29 is 10.2 Å². The fourth-order valence-electron chi connectivity index (χ4n) is 2.51. The van der Waals surface area contributed by atoms with E-state index < -0.39 is 0 Å². The molecule has 2 rings (SSSR count). The van der Waals surface area contributed by atoms with Crippen LogP contribution in [0.1, 0.15) is 51.3 Å². The predicted octanol–water partition coefficient (Wildman–Crippen LogP) is 4.74. The monoisotopic (exact) mass is 341 g/mol. The number of nitrogens with zero attached hydrogens (tertiary/aromatic N) is 1. The van der Waals surface area contributed by atoms with Crippen molar-refractivity contribution in [1.29, 1.82) is 0 Å². The van der Waals surface area contributed by atoms with Crippen LogP contribution in [0.5, 0.6) is 5.75 Å². The largest absolute Gasteiger partial charge is 0.507 e. The van der Waals surface area contributed by atoms with Gasteiger partial charge in [0.1, 0.15) is 5.75 Å². The molecule has 0 aromatic heterocycles. The summed E-state index contributed by atoms with van der Waals surface area (Å²) in [5.41, 5.74) is 2.58. The number of phenols is 1. The summed E-state index contributed by atoms with van der Waals surface area (Å²) < 4.78 is 0. The standard InChI is InChI=1S/C20H25NO2.C2H6/c1-20(2,3)18-11-7-10-16(19(18)23)13-21-17(14-22)12-15-8-5-4-6-9-15;1-2/h4-11,13,17,22-23H,12,14H2,1-3H3;1-2H3. The first-order chi connectivity index (χ1) is 11.9. The molecule has 0 amide bonds. The first-order valence-corrected chi connectivity index (χ1v) is 8.92. The van der Waals surface area contributed by atoms with Crippen molar-refractivity contribution in [2.75, 3.05) is 6.61 Å². The molecule has 0 saturated carbocycles. The second-order valence-corrected chi connectivity index (χ2v) is 6.80. The maximum Gasteiger partial charge on any atom is 0.128 e. The molecule has 136 valence electrons. The number of rotatable bonds is 5. The van der Waals surface area contributed by atoms with Crippen LogP contribution in [-0.2, 0) is 11.8 Å². The first kappa shape index (κ1) is 20.9. The van der Waals surface area contributed by atoms with Gasteiger partial charge in [0.25, 0.3) is 0 Å². The topological polar surface area (TPSA) is 52.8 Å². The van der Waals surface area contributed by atoms with Gasteiger partial charge < -0.3 is 10.2 Å². The summed E-state index contributed by atoms with van der Waals surface area (Å²) in [5, 5.41) is 20.0. The number of aromatic hydroxyl groups is 1. The molecule has 1 atom stereocenters. The molecule has 0 aliphatic rings. The third kappa shape index (κ3) is 6.35. The van der Waals surface area contributed by atoms with Gasteiger partial charge in [-0.2, -0.15) is 0 Å². The zero-order valence-electron chi connectivity index (χ0n) is 16.0. The molecule has 0 aliphatic heterocycles. The predicted molar refractivity (Wildman–Crippen MR) is 107 cm³/mol. The number of hydrogen-bond donors (Lipinski definition) is 2. The van der Waals surface area contributed by atoms with Gasteiger partial charge in [0, 0.05) is 11.8 Å². The lowest BCUT2D eigenvalue weighted by molar-refractivity contribution is 0.266. The molecule has 0 fully saturated rings. The summed E-state index contributed by atoms with van der Waals surface area (Å²) in [4.78, 5) is 4.46. The van der Waals surface area contributed by atoms with E-state index >= 15 is 0 Å². The molecule has 0 heterocycles. The Morgan fingerprint density at radius 3 is 2.20 bits per heavy atom. The summed E-state index contributed by atoms with van der Waals surface area (Å²) in [6.45, 7) is 10.2. The van der Waals surface area contributed by atoms with Crippen molar-refractivity contribution in [2.45, 2.75) is 52.5 Å². The van der Waals surface area contributed by atoms with Crippen molar-refractivity contribution in [2.24, 2.45) is 4.99 Å². The summed E-state index contributed by atoms with van der Waals surface area (Å²) in [6.07, 6.45) is 2.34. The molecule has 2 aromatic carbocycles. The highest BCUT2D eigenvalue weighted by Crippen LogP contribution is 2.32. The highest BCUT2D eigenvalue weighted by Gasteiger charge is 2.19. The zero-order valence-corrected chi connectivity index (χ0v) is 16.0. The Labute approximate surface area is 152 Å². The second-order valence-electron chi connectivity index (χ2n) is 6.80. The molecule has 2 aromatic rings. The molecule has 0 saturated heterocycles. The third-order valence-electron chi connectivity index (χ3n) is 3.82. The Morgan fingerprint density at radius 2 is 1.64 bits per heavy atom. The molecule has 0 radical (unpaired) electrons. The third-order valence-corrected chi connectivity index (χ3v) is 3.82. The van der Waals surface area contributed by atoms with Gasteiger partial charge in [0.05, 0.1) is 12.6 Å². The SMILES string of the molecule is CC.CC(C)(C)c1cccc(C=NC(CO)Cc2ccccc2)c1O. The van der Waals surface area contributed by atoms with Gasteiger partial charge in [-0.15, -0.1) is 0 Å². The molecule has 3 heteroatoms. The van der Waals surface area contributed by atoms with E-state index in [4.69, 9.17) is 0 Å². The number of phenolic OH excluding ortho intramolecular Hbond substituents is 1. The number of aliphatic hydroxyl groups is 1. The highest BCUT2D eigenvalue weighted by molar-refractivity contribution is 5.84. The Hall–Kier alpha value is -2.13. The van der Waals surface area contributed by atoms with Crippen LogP contribution in [0.25, 0.3) is 0 Å². The van der Waals surface area contributed by atoms with E-state index in [0.717, 1.165) is 11.1 Å².